The average molecular weight is 447 g/mol. The van der Waals surface area contributed by atoms with Crippen molar-refractivity contribution < 1.29 is 13.2 Å². The molecule has 0 aliphatic carbocycles. The van der Waals surface area contributed by atoms with Gasteiger partial charge in [-0.1, -0.05) is 52.5 Å². The van der Waals surface area contributed by atoms with Gasteiger partial charge in [-0.05, 0) is 38.1 Å². The van der Waals surface area contributed by atoms with Crippen LogP contribution in [0.25, 0.3) is 0 Å². The lowest BCUT2D eigenvalue weighted by Crippen LogP contribution is -2.45. The Morgan fingerprint density at radius 3 is 2.15 bits per heavy atom. The third-order valence-corrected chi connectivity index (χ3v) is 6.16. The van der Waals surface area contributed by atoms with Crippen LogP contribution in [0.1, 0.15) is 12.5 Å². The highest BCUT2D eigenvalue weighted by molar-refractivity contribution is 7.89. The summed E-state index contributed by atoms with van der Waals surface area (Å²) in [6.07, 6.45) is 0. The molecule has 6 nitrogen and oxygen atoms in total. The molecule has 1 heterocycles. The topological polar surface area (TPSA) is 78.8 Å². The Morgan fingerprint density at radius 1 is 1.04 bits per heavy atom. The molecule has 0 bridgehead atoms. The van der Waals surface area contributed by atoms with Crippen molar-refractivity contribution in [2.24, 2.45) is 5.10 Å². The van der Waals surface area contributed by atoms with Gasteiger partial charge in [-0.25, -0.2) is 8.42 Å². The number of carbonyl (C=O) groups is 1. The smallest absolute Gasteiger partial charge is 0.270 e. The standard InChI is InChI=1S/C17H14Cl3N3O3S/c1-9-3-5-12(6-4-9)27(25,26)22-15-10(2)21-23(17(15)24)16-13(19)7-11(18)8-14(16)20/h3-8,15,22H,1-2H3. The minimum absolute atomic E-state index is 0.0507. The molecule has 1 unspecified atom stereocenters. The molecule has 0 saturated carbocycles. The maximum Gasteiger partial charge on any atom is 0.271 e. The normalized spacial score (nSPS) is 17.4. The van der Waals surface area contributed by atoms with Crippen LogP contribution in [0.4, 0.5) is 5.69 Å². The summed E-state index contributed by atoms with van der Waals surface area (Å²) in [5.74, 6) is -0.616. The van der Waals surface area contributed by atoms with Crippen LogP contribution in [-0.4, -0.2) is 26.1 Å². The van der Waals surface area contributed by atoms with Crippen LogP contribution in [0, 0.1) is 6.92 Å². The van der Waals surface area contributed by atoms with Gasteiger partial charge in [0.25, 0.3) is 5.91 Å². The minimum atomic E-state index is -3.92. The number of hydrogen-bond acceptors (Lipinski definition) is 4. The van der Waals surface area contributed by atoms with E-state index in [1.165, 1.54) is 31.2 Å². The first kappa shape index (κ1) is 20.1. The summed E-state index contributed by atoms with van der Waals surface area (Å²) in [6.45, 7) is 3.39. The van der Waals surface area contributed by atoms with Crippen molar-refractivity contribution in [1.82, 2.24) is 4.72 Å². The lowest BCUT2D eigenvalue weighted by Gasteiger charge is -2.18. The number of rotatable bonds is 4. The maximum atomic E-state index is 12.8. The Kier molecular flexibility index (Phi) is 5.52. The summed E-state index contributed by atoms with van der Waals surface area (Å²) in [5.41, 5.74) is 1.32. The zero-order valence-corrected chi connectivity index (χ0v) is 17.3. The highest BCUT2D eigenvalue weighted by atomic mass is 35.5. The molecule has 1 N–H and O–H groups in total. The highest BCUT2D eigenvalue weighted by Gasteiger charge is 2.39. The Labute approximate surface area is 171 Å². The van der Waals surface area contributed by atoms with Crippen LogP contribution in [0.5, 0.6) is 0 Å². The van der Waals surface area contributed by atoms with Crippen LogP contribution in [0.3, 0.4) is 0 Å². The average Bonchev–Trinajstić information content (AvgIpc) is 2.82. The molecule has 1 aliphatic heterocycles. The fourth-order valence-corrected chi connectivity index (χ4v) is 4.73. The lowest BCUT2D eigenvalue weighted by molar-refractivity contribution is -0.118. The summed E-state index contributed by atoms with van der Waals surface area (Å²) < 4.78 is 27.6. The van der Waals surface area contributed by atoms with E-state index in [1.54, 1.807) is 12.1 Å². The monoisotopic (exact) mass is 445 g/mol. The van der Waals surface area contributed by atoms with E-state index < -0.39 is 22.0 Å². The molecule has 0 radical (unpaired) electrons. The Morgan fingerprint density at radius 2 is 1.59 bits per heavy atom. The van der Waals surface area contributed by atoms with Crippen LogP contribution in [-0.2, 0) is 14.8 Å². The van der Waals surface area contributed by atoms with Gasteiger partial charge in [0.2, 0.25) is 10.0 Å². The molecule has 10 heteroatoms. The Hall–Kier alpha value is -1.64. The van der Waals surface area contributed by atoms with Crippen molar-refractivity contribution in [1.29, 1.82) is 0 Å². The van der Waals surface area contributed by atoms with Gasteiger partial charge in [0, 0.05) is 5.02 Å². The van der Waals surface area contributed by atoms with Crippen molar-refractivity contribution in [3.63, 3.8) is 0 Å². The van der Waals surface area contributed by atoms with Gasteiger partial charge in [0.15, 0.2) is 0 Å². The van der Waals surface area contributed by atoms with E-state index in [1.807, 2.05) is 6.92 Å². The molecule has 27 heavy (non-hydrogen) atoms. The second-order valence-electron chi connectivity index (χ2n) is 5.98. The number of anilines is 1. The molecule has 0 fully saturated rings. The molecule has 2 aromatic carbocycles. The first-order chi connectivity index (χ1) is 12.6. The number of sulfonamides is 1. The van der Waals surface area contributed by atoms with Crippen molar-refractivity contribution in [3.05, 3.63) is 57.0 Å². The van der Waals surface area contributed by atoms with E-state index in [-0.39, 0.29) is 26.3 Å². The summed E-state index contributed by atoms with van der Waals surface area (Å²) in [4.78, 5) is 12.9. The molecule has 1 aliphatic rings. The number of amides is 1. The number of nitrogens with zero attached hydrogens (tertiary/aromatic N) is 2. The van der Waals surface area contributed by atoms with Gasteiger partial charge < -0.3 is 0 Å². The van der Waals surface area contributed by atoms with Crippen LogP contribution in [0.2, 0.25) is 15.1 Å². The van der Waals surface area contributed by atoms with E-state index in [2.05, 4.69) is 9.82 Å². The van der Waals surface area contributed by atoms with Gasteiger partial charge in [-0.2, -0.15) is 14.8 Å². The Balaban J connectivity index is 1.91. The summed E-state index contributed by atoms with van der Waals surface area (Å²) in [7, 11) is -3.92. The predicted octanol–water partition coefficient (Wildman–Crippen LogP) is 4.02. The SMILES string of the molecule is CC1=NN(c2c(Cl)cc(Cl)cc2Cl)C(=O)C1NS(=O)(=O)c1ccc(C)cc1. The fraction of sp³-hybridized carbons (Fsp3) is 0.176. The predicted molar refractivity (Wildman–Crippen MR) is 107 cm³/mol. The number of benzene rings is 2. The second kappa shape index (κ2) is 7.41. The first-order valence-corrected chi connectivity index (χ1v) is 10.3. The number of aryl methyl sites for hydroxylation is 1. The zero-order chi connectivity index (χ0) is 19.9. The summed E-state index contributed by atoms with van der Waals surface area (Å²) in [5, 5.41) is 5.66. The van der Waals surface area contributed by atoms with Crippen molar-refractivity contribution in [2.75, 3.05) is 5.01 Å². The van der Waals surface area contributed by atoms with Gasteiger partial charge in [0.1, 0.15) is 11.7 Å². The van der Waals surface area contributed by atoms with Crippen LogP contribution >= 0.6 is 34.8 Å². The minimum Gasteiger partial charge on any atom is -0.270 e. The molecule has 3 rings (SSSR count). The van der Waals surface area contributed by atoms with Crippen molar-refractivity contribution >= 4 is 62.1 Å². The third-order valence-electron chi connectivity index (χ3n) is 3.93. The van der Waals surface area contributed by atoms with E-state index in [4.69, 9.17) is 34.8 Å². The van der Waals surface area contributed by atoms with Crippen molar-refractivity contribution in [2.45, 2.75) is 24.8 Å². The molecular formula is C17H14Cl3N3O3S. The van der Waals surface area contributed by atoms with E-state index >= 15 is 0 Å². The molecule has 0 spiro atoms. The van der Waals surface area contributed by atoms with Gasteiger partial charge in [-0.15, -0.1) is 0 Å². The summed E-state index contributed by atoms with van der Waals surface area (Å²) >= 11 is 18.2. The molecule has 0 saturated heterocycles. The number of nitrogens with one attached hydrogen (secondary N) is 1. The molecular weight excluding hydrogens is 433 g/mol. The van der Waals surface area contributed by atoms with Crippen LogP contribution in [0.15, 0.2) is 46.4 Å². The quantitative estimate of drug-likeness (QED) is 0.770. The van der Waals surface area contributed by atoms with Crippen molar-refractivity contribution in [3.8, 4) is 0 Å². The van der Waals surface area contributed by atoms with Gasteiger partial charge in [-0.3, -0.25) is 4.79 Å². The van der Waals surface area contributed by atoms with E-state index in [0.29, 0.717) is 5.02 Å². The Bertz CT molecular complexity index is 1030. The third kappa shape index (κ3) is 3.97. The van der Waals surface area contributed by atoms with E-state index in [9.17, 15) is 13.2 Å². The summed E-state index contributed by atoms with van der Waals surface area (Å²) in [6, 6.07) is 7.96. The first-order valence-electron chi connectivity index (χ1n) is 7.73. The zero-order valence-electron chi connectivity index (χ0n) is 14.2. The molecule has 2 aromatic rings. The molecule has 1 atom stereocenters. The number of hydrazone groups is 1. The maximum absolute atomic E-state index is 12.8. The molecule has 1 amide bonds. The largest absolute Gasteiger partial charge is 0.271 e. The lowest BCUT2D eigenvalue weighted by atomic mass is 10.2. The van der Waals surface area contributed by atoms with Crippen LogP contribution < -0.4 is 9.73 Å². The molecule has 142 valence electrons. The molecule has 0 aromatic heterocycles. The second-order valence-corrected chi connectivity index (χ2v) is 8.94. The number of hydrogen-bond donors (Lipinski definition) is 1. The highest BCUT2D eigenvalue weighted by Crippen LogP contribution is 2.38. The van der Waals surface area contributed by atoms with Gasteiger partial charge in [0.05, 0.1) is 20.7 Å². The number of halogens is 3. The van der Waals surface area contributed by atoms with Gasteiger partial charge >= 0.3 is 0 Å². The van der Waals surface area contributed by atoms with E-state index in [0.717, 1.165) is 10.6 Å². The number of carbonyl (C=O) groups excluding carboxylic acids is 1. The fourth-order valence-electron chi connectivity index (χ4n) is 2.54.